The molecule has 3 unspecified atom stereocenters. The van der Waals surface area contributed by atoms with Gasteiger partial charge in [0.1, 0.15) is 12.4 Å². The first-order valence-electron chi connectivity index (χ1n) is 11.5. The van der Waals surface area contributed by atoms with Crippen molar-refractivity contribution in [2.45, 2.75) is 58.5 Å². The molecule has 1 aromatic heterocycles. The third-order valence-electron chi connectivity index (χ3n) is 9.20. The second-order valence-electron chi connectivity index (χ2n) is 10.5. The number of Topliss-reactive ketones (excluding diaryl/α,β-unsaturated/α-hetero) is 1. The average Bonchev–Trinajstić information content (AvgIpc) is 3.29. The Morgan fingerprint density at radius 1 is 1.10 bits per heavy atom. The number of aromatic nitrogens is 2. The van der Waals surface area contributed by atoms with Gasteiger partial charge in [0, 0.05) is 24.0 Å². The summed E-state index contributed by atoms with van der Waals surface area (Å²) in [5, 5.41) is 10.1. The summed E-state index contributed by atoms with van der Waals surface area (Å²) in [4.78, 5) is 17.1. The van der Waals surface area contributed by atoms with E-state index >= 15 is 0 Å². The maximum atomic E-state index is 12.5. The van der Waals surface area contributed by atoms with Crippen molar-refractivity contribution >= 4 is 22.5 Å². The Bertz CT molecular complexity index is 1110. The van der Waals surface area contributed by atoms with Gasteiger partial charge in [-0.25, -0.2) is 4.98 Å². The van der Waals surface area contributed by atoms with Crippen LogP contribution in [0.15, 0.2) is 48.3 Å². The number of aliphatic hydroxyl groups is 1. The molecule has 1 N–H and O–H groups in total. The predicted molar refractivity (Wildman–Crippen MR) is 117 cm³/mol. The van der Waals surface area contributed by atoms with Gasteiger partial charge < -0.3 is 9.67 Å². The molecule has 30 heavy (non-hydrogen) atoms. The minimum absolute atomic E-state index is 0.0405. The first kappa shape index (κ1) is 18.6. The van der Waals surface area contributed by atoms with Crippen LogP contribution in [0.4, 0.5) is 0 Å². The molecule has 4 nitrogen and oxygen atoms in total. The van der Waals surface area contributed by atoms with E-state index in [2.05, 4.69) is 53.7 Å². The van der Waals surface area contributed by atoms with Gasteiger partial charge in [0.2, 0.25) is 0 Å². The van der Waals surface area contributed by atoms with Crippen molar-refractivity contribution in [3.05, 3.63) is 48.3 Å². The van der Waals surface area contributed by atoms with Gasteiger partial charge in [-0.2, -0.15) is 0 Å². The molecule has 0 saturated heterocycles. The summed E-state index contributed by atoms with van der Waals surface area (Å²) in [6.45, 7) is 4.76. The zero-order chi connectivity index (χ0) is 20.7. The van der Waals surface area contributed by atoms with Crippen LogP contribution < -0.4 is 0 Å². The molecule has 6 rings (SSSR count). The van der Waals surface area contributed by atoms with Gasteiger partial charge in [0.15, 0.2) is 5.78 Å². The molecule has 4 aliphatic rings. The molecule has 2 saturated carbocycles. The van der Waals surface area contributed by atoms with E-state index in [9.17, 15) is 9.90 Å². The number of rotatable bonds is 1. The molecule has 2 fully saturated rings. The lowest BCUT2D eigenvalue weighted by molar-refractivity contribution is -0.134. The first-order chi connectivity index (χ1) is 14.4. The van der Waals surface area contributed by atoms with Crippen LogP contribution in [0.2, 0.25) is 0 Å². The van der Waals surface area contributed by atoms with Crippen molar-refractivity contribution in [1.82, 2.24) is 9.55 Å². The lowest BCUT2D eigenvalue weighted by Crippen LogP contribution is -2.51. The molecule has 4 heteroatoms. The maximum Gasteiger partial charge on any atom is 0.162 e. The lowest BCUT2D eigenvalue weighted by Gasteiger charge is -2.57. The molecule has 0 amide bonds. The largest absolute Gasteiger partial charge is 0.385 e. The normalized spacial score (nSPS) is 40.4. The molecular weight excluding hydrogens is 372 g/mol. The van der Waals surface area contributed by atoms with Gasteiger partial charge in [-0.1, -0.05) is 43.7 Å². The molecule has 1 heterocycles. The smallest absolute Gasteiger partial charge is 0.162 e. The number of allylic oxidation sites excluding steroid dienone is 3. The van der Waals surface area contributed by atoms with Crippen LogP contribution in [0.3, 0.4) is 0 Å². The Balaban J connectivity index is 1.37. The number of nitrogens with zero attached hydrogens (tertiary/aromatic N) is 2. The van der Waals surface area contributed by atoms with E-state index in [1.54, 1.807) is 0 Å². The molecular formula is C26H30N2O2. The third kappa shape index (κ3) is 2.31. The molecule has 0 aliphatic heterocycles. The van der Waals surface area contributed by atoms with Gasteiger partial charge in [-0.05, 0) is 61.0 Å². The fraction of sp³-hybridized carbons (Fsp3) is 0.538. The van der Waals surface area contributed by atoms with Crippen LogP contribution in [-0.2, 0) is 4.79 Å². The number of carbonyl (C=O) groups is 1. The van der Waals surface area contributed by atoms with E-state index in [0.29, 0.717) is 30.6 Å². The highest BCUT2D eigenvalue weighted by atomic mass is 16.3. The van der Waals surface area contributed by atoms with Crippen molar-refractivity contribution in [2.24, 2.45) is 28.6 Å². The van der Waals surface area contributed by atoms with Crippen LogP contribution >= 0.6 is 0 Å². The number of benzene rings is 1. The summed E-state index contributed by atoms with van der Waals surface area (Å²) in [5.74, 6) is 1.78. The summed E-state index contributed by atoms with van der Waals surface area (Å²) in [5.41, 5.74) is 5.07. The highest BCUT2D eigenvalue weighted by Crippen LogP contribution is 2.65. The second-order valence-corrected chi connectivity index (χ2v) is 10.5. The van der Waals surface area contributed by atoms with Gasteiger partial charge in [-0.3, -0.25) is 4.79 Å². The van der Waals surface area contributed by atoms with Gasteiger partial charge in [0.25, 0.3) is 0 Å². The summed E-state index contributed by atoms with van der Waals surface area (Å²) in [6, 6.07) is 8.39. The van der Waals surface area contributed by atoms with Crippen molar-refractivity contribution < 1.29 is 9.90 Å². The van der Waals surface area contributed by atoms with E-state index in [1.807, 2.05) is 12.4 Å². The lowest BCUT2D eigenvalue weighted by atomic mass is 9.47. The van der Waals surface area contributed by atoms with E-state index < -0.39 is 6.10 Å². The molecule has 2 aromatic rings. The Kier molecular flexibility index (Phi) is 3.81. The Morgan fingerprint density at radius 3 is 2.80 bits per heavy atom. The number of carbonyl (C=O) groups excluding carboxylic acids is 1. The van der Waals surface area contributed by atoms with Crippen molar-refractivity contribution in [3.8, 4) is 0 Å². The quantitative estimate of drug-likeness (QED) is 0.684. The monoisotopic (exact) mass is 402 g/mol. The number of fused-ring (bicyclic) bond motifs is 6. The highest BCUT2D eigenvalue weighted by molar-refractivity contribution is 5.86. The number of aliphatic hydroxyl groups excluding tert-OH is 1. The van der Waals surface area contributed by atoms with Crippen molar-refractivity contribution in [1.29, 1.82) is 0 Å². The van der Waals surface area contributed by atoms with E-state index in [0.717, 1.165) is 31.2 Å². The van der Waals surface area contributed by atoms with E-state index in [-0.39, 0.29) is 16.6 Å². The van der Waals surface area contributed by atoms with Crippen LogP contribution in [0.25, 0.3) is 16.7 Å². The summed E-state index contributed by atoms with van der Waals surface area (Å²) >= 11 is 0. The highest BCUT2D eigenvalue weighted by Gasteiger charge is 2.58. The number of imidazole rings is 1. The van der Waals surface area contributed by atoms with Crippen LogP contribution in [0, 0.1) is 28.6 Å². The van der Waals surface area contributed by atoms with Crippen LogP contribution in [0.1, 0.15) is 52.4 Å². The average molecular weight is 403 g/mol. The molecule has 4 aliphatic carbocycles. The Hall–Kier alpha value is -2.20. The molecule has 0 bridgehead atoms. The predicted octanol–water partition coefficient (Wildman–Crippen LogP) is 4.99. The van der Waals surface area contributed by atoms with Gasteiger partial charge in [-0.15, -0.1) is 0 Å². The van der Waals surface area contributed by atoms with Crippen molar-refractivity contribution in [2.75, 3.05) is 0 Å². The van der Waals surface area contributed by atoms with E-state index in [1.165, 1.54) is 16.8 Å². The minimum atomic E-state index is -0.788. The van der Waals surface area contributed by atoms with Crippen molar-refractivity contribution in [3.63, 3.8) is 0 Å². The number of ketones is 1. The standard InChI is InChI=1S/C26H30N2O2/c1-25-12-11-19-17(8-7-16-13-22(29)23(30)14-26(16,19)2)18(25)9-10-24(25)28-15-27-20-5-3-4-6-21(20)28/h3-7,10,15,17-19,22,29H,8-9,11-14H2,1-2H3/t17?,18?,19?,22-,25+,26+/m1/s1. The fourth-order valence-electron chi connectivity index (χ4n) is 7.59. The van der Waals surface area contributed by atoms with Crippen LogP contribution in [0.5, 0.6) is 0 Å². The fourth-order valence-corrected chi connectivity index (χ4v) is 7.59. The summed E-state index contributed by atoms with van der Waals surface area (Å²) in [7, 11) is 0. The number of hydrogen-bond donors (Lipinski definition) is 1. The summed E-state index contributed by atoms with van der Waals surface area (Å²) < 4.78 is 2.32. The Labute approximate surface area is 177 Å². The minimum Gasteiger partial charge on any atom is -0.385 e. The molecule has 6 atom stereocenters. The molecule has 0 radical (unpaired) electrons. The SMILES string of the molecule is C[C@]12CC(=O)[C@H](O)CC1=CCC1C2CC[C@]2(C)C(n3cnc4ccccc43)=CCC12. The van der Waals surface area contributed by atoms with E-state index in [4.69, 9.17) is 0 Å². The number of hydrogen-bond acceptors (Lipinski definition) is 3. The zero-order valence-electron chi connectivity index (χ0n) is 17.8. The van der Waals surface area contributed by atoms with Gasteiger partial charge >= 0.3 is 0 Å². The molecule has 0 spiro atoms. The maximum absolute atomic E-state index is 12.5. The topological polar surface area (TPSA) is 55.1 Å². The van der Waals surface area contributed by atoms with Crippen LogP contribution in [-0.4, -0.2) is 26.5 Å². The number of para-hydroxylation sites is 2. The third-order valence-corrected chi connectivity index (χ3v) is 9.20. The van der Waals surface area contributed by atoms with Gasteiger partial charge in [0.05, 0.1) is 11.0 Å². The molecule has 156 valence electrons. The summed E-state index contributed by atoms with van der Waals surface area (Å²) in [6.07, 6.45) is 11.6. The second kappa shape index (κ2) is 6.16. The Morgan fingerprint density at radius 2 is 1.93 bits per heavy atom. The first-order valence-corrected chi connectivity index (χ1v) is 11.5. The molecule has 1 aromatic carbocycles. The zero-order valence-corrected chi connectivity index (χ0v) is 17.8.